The highest BCUT2D eigenvalue weighted by atomic mass is 32.2. The lowest BCUT2D eigenvalue weighted by Gasteiger charge is -2.26. The van der Waals surface area contributed by atoms with Crippen LogP contribution < -0.4 is 5.32 Å². The van der Waals surface area contributed by atoms with Crippen LogP contribution in [0.5, 0.6) is 0 Å². The number of rotatable bonds is 10. The Morgan fingerprint density at radius 1 is 1.24 bits per heavy atom. The van der Waals surface area contributed by atoms with Crippen LogP contribution in [0.2, 0.25) is 0 Å². The molecule has 184 valence electrons. The maximum atomic E-state index is 14.0. The van der Waals surface area contributed by atoms with Gasteiger partial charge in [-0.3, -0.25) is 9.59 Å². The number of hydrogen-bond acceptors (Lipinski definition) is 6. The molecule has 12 heteroatoms. The third kappa shape index (κ3) is 7.72. The Balaban J connectivity index is 2.03. The van der Waals surface area contributed by atoms with Gasteiger partial charge in [-0.05, 0) is 18.4 Å². The minimum atomic E-state index is -3.33. The molecule has 0 saturated carbocycles. The number of benzene rings is 1. The standard InChI is InChI=1S/C21H27F3N2O6S/c1-12(2)20(21(29)32-6-7-33(3,30)31)25-17(27)10-15-4-5-18(28)26(15)11-13-8-14(22)9-16(23)19(13)24/h8-9,12,15,20H,4-7,10-11H2,1-3H3,(H,25,27)/t15-,20-/m0/s1. The average molecular weight is 493 g/mol. The summed E-state index contributed by atoms with van der Waals surface area (Å²) in [6.07, 6.45) is 1.14. The molecule has 1 aliphatic heterocycles. The molecule has 0 bridgehead atoms. The molecule has 33 heavy (non-hydrogen) atoms. The summed E-state index contributed by atoms with van der Waals surface area (Å²) in [6, 6.07) is -0.506. The van der Waals surface area contributed by atoms with Crippen LogP contribution in [0.3, 0.4) is 0 Å². The summed E-state index contributed by atoms with van der Waals surface area (Å²) in [5, 5.41) is 2.52. The van der Waals surface area contributed by atoms with Gasteiger partial charge in [0.15, 0.2) is 21.5 Å². The zero-order chi connectivity index (χ0) is 24.9. The highest BCUT2D eigenvalue weighted by Gasteiger charge is 2.35. The van der Waals surface area contributed by atoms with Gasteiger partial charge >= 0.3 is 5.97 Å². The normalized spacial score (nSPS) is 17.4. The van der Waals surface area contributed by atoms with Gasteiger partial charge in [0.1, 0.15) is 18.5 Å². The van der Waals surface area contributed by atoms with Gasteiger partial charge in [-0.25, -0.2) is 26.4 Å². The molecule has 1 heterocycles. The second-order valence-corrected chi connectivity index (χ2v) is 10.6. The second kappa shape index (κ2) is 11.0. The van der Waals surface area contributed by atoms with Crippen molar-refractivity contribution in [3.63, 3.8) is 0 Å². The summed E-state index contributed by atoms with van der Waals surface area (Å²) in [5.41, 5.74) is -0.345. The number of sulfone groups is 1. The molecular weight excluding hydrogens is 465 g/mol. The molecule has 2 rings (SSSR count). The van der Waals surface area contributed by atoms with Crippen LogP contribution in [-0.2, 0) is 35.5 Å². The van der Waals surface area contributed by atoms with E-state index in [4.69, 9.17) is 4.74 Å². The number of esters is 1. The lowest BCUT2D eigenvalue weighted by Crippen LogP contribution is -2.47. The molecule has 1 saturated heterocycles. The van der Waals surface area contributed by atoms with E-state index in [0.717, 1.165) is 12.3 Å². The van der Waals surface area contributed by atoms with Crippen molar-refractivity contribution >= 4 is 27.6 Å². The van der Waals surface area contributed by atoms with E-state index in [-0.39, 0.29) is 43.1 Å². The number of likely N-dealkylation sites (tertiary alicyclic amines) is 1. The van der Waals surface area contributed by atoms with E-state index in [0.29, 0.717) is 6.07 Å². The SMILES string of the molecule is CC(C)[C@H](NC(=O)C[C@@H]1CCC(=O)N1Cc1cc(F)cc(F)c1F)C(=O)OCCS(C)(=O)=O. The van der Waals surface area contributed by atoms with Crippen molar-refractivity contribution in [2.75, 3.05) is 18.6 Å². The van der Waals surface area contributed by atoms with Crippen molar-refractivity contribution in [2.45, 2.75) is 51.7 Å². The first-order valence-electron chi connectivity index (χ1n) is 10.3. The van der Waals surface area contributed by atoms with E-state index in [1.165, 1.54) is 4.90 Å². The molecule has 1 aliphatic rings. The summed E-state index contributed by atoms with van der Waals surface area (Å²) in [7, 11) is -3.33. The third-order valence-corrected chi connectivity index (χ3v) is 6.13. The van der Waals surface area contributed by atoms with Crippen molar-refractivity contribution in [1.29, 1.82) is 0 Å². The van der Waals surface area contributed by atoms with E-state index in [9.17, 15) is 36.0 Å². The maximum Gasteiger partial charge on any atom is 0.328 e. The van der Waals surface area contributed by atoms with Crippen LogP contribution in [0.15, 0.2) is 12.1 Å². The van der Waals surface area contributed by atoms with E-state index < -0.39 is 63.7 Å². The molecule has 1 N–H and O–H groups in total. The predicted octanol–water partition coefficient (Wildman–Crippen LogP) is 1.71. The average Bonchev–Trinajstić information content (AvgIpc) is 3.01. The van der Waals surface area contributed by atoms with Crippen LogP contribution in [-0.4, -0.2) is 61.8 Å². The minimum absolute atomic E-state index is 0.0819. The molecule has 0 spiro atoms. The number of carbonyl (C=O) groups is 3. The second-order valence-electron chi connectivity index (χ2n) is 8.37. The van der Waals surface area contributed by atoms with Crippen molar-refractivity contribution in [3.05, 3.63) is 35.1 Å². The van der Waals surface area contributed by atoms with Gasteiger partial charge < -0.3 is 15.0 Å². The Hall–Kier alpha value is -2.63. The largest absolute Gasteiger partial charge is 0.463 e. The van der Waals surface area contributed by atoms with Gasteiger partial charge in [0.05, 0.1) is 5.75 Å². The highest BCUT2D eigenvalue weighted by molar-refractivity contribution is 7.90. The van der Waals surface area contributed by atoms with Crippen LogP contribution in [0.4, 0.5) is 13.2 Å². The van der Waals surface area contributed by atoms with E-state index >= 15 is 0 Å². The lowest BCUT2D eigenvalue weighted by molar-refractivity contribution is -0.148. The van der Waals surface area contributed by atoms with E-state index in [1.807, 2.05) is 0 Å². The Morgan fingerprint density at radius 3 is 2.52 bits per heavy atom. The van der Waals surface area contributed by atoms with Gasteiger partial charge in [-0.2, -0.15) is 0 Å². The zero-order valence-corrected chi connectivity index (χ0v) is 19.4. The van der Waals surface area contributed by atoms with Crippen LogP contribution in [0.1, 0.15) is 38.7 Å². The minimum Gasteiger partial charge on any atom is -0.463 e. The molecule has 1 fully saturated rings. The molecule has 1 aromatic carbocycles. The summed E-state index contributed by atoms with van der Waals surface area (Å²) in [5.74, 6) is -6.12. The van der Waals surface area contributed by atoms with Crippen LogP contribution in [0, 0.1) is 23.4 Å². The summed E-state index contributed by atoms with van der Waals surface area (Å²) >= 11 is 0. The van der Waals surface area contributed by atoms with Crippen molar-refractivity contribution in [2.24, 2.45) is 5.92 Å². The number of carbonyl (C=O) groups excluding carboxylic acids is 3. The molecule has 0 aliphatic carbocycles. The Bertz CT molecular complexity index is 1020. The maximum absolute atomic E-state index is 14.0. The van der Waals surface area contributed by atoms with Crippen LogP contribution in [0.25, 0.3) is 0 Å². The quantitative estimate of drug-likeness (QED) is 0.393. The Morgan fingerprint density at radius 2 is 1.91 bits per heavy atom. The van der Waals surface area contributed by atoms with Crippen molar-refractivity contribution < 1.29 is 40.7 Å². The number of hydrogen-bond donors (Lipinski definition) is 1. The molecule has 0 radical (unpaired) electrons. The van der Waals surface area contributed by atoms with Crippen molar-refractivity contribution in [3.8, 4) is 0 Å². The van der Waals surface area contributed by atoms with Gasteiger partial charge in [0, 0.05) is 43.3 Å². The van der Waals surface area contributed by atoms with Gasteiger partial charge in [0.25, 0.3) is 0 Å². The molecule has 0 aromatic heterocycles. The fourth-order valence-corrected chi connectivity index (χ4v) is 3.84. The fourth-order valence-electron chi connectivity index (χ4n) is 3.46. The molecule has 8 nitrogen and oxygen atoms in total. The Kier molecular flexibility index (Phi) is 8.87. The highest BCUT2D eigenvalue weighted by Crippen LogP contribution is 2.26. The smallest absolute Gasteiger partial charge is 0.328 e. The molecular formula is C21H27F3N2O6S. The molecule has 0 unspecified atom stereocenters. The van der Waals surface area contributed by atoms with E-state index in [1.54, 1.807) is 13.8 Å². The third-order valence-electron chi connectivity index (χ3n) is 5.22. The summed E-state index contributed by atoms with van der Waals surface area (Å²) in [4.78, 5) is 38.3. The topological polar surface area (TPSA) is 110 Å². The number of halogens is 3. The first-order chi connectivity index (χ1) is 15.3. The Labute approximate surface area is 190 Å². The van der Waals surface area contributed by atoms with Gasteiger partial charge in [-0.15, -0.1) is 0 Å². The number of nitrogens with zero attached hydrogens (tertiary/aromatic N) is 1. The van der Waals surface area contributed by atoms with Crippen molar-refractivity contribution in [1.82, 2.24) is 10.2 Å². The summed E-state index contributed by atoms with van der Waals surface area (Å²) < 4.78 is 68.3. The van der Waals surface area contributed by atoms with E-state index in [2.05, 4.69) is 5.32 Å². The lowest BCUT2D eigenvalue weighted by atomic mass is 10.0. The fraction of sp³-hybridized carbons (Fsp3) is 0.571. The molecule has 1 aromatic rings. The van der Waals surface area contributed by atoms with Gasteiger partial charge in [-0.1, -0.05) is 13.8 Å². The van der Waals surface area contributed by atoms with Crippen LogP contribution >= 0.6 is 0 Å². The number of amides is 2. The predicted molar refractivity (Wildman–Crippen MR) is 112 cm³/mol. The summed E-state index contributed by atoms with van der Waals surface area (Å²) in [6.45, 7) is 2.57. The monoisotopic (exact) mass is 492 g/mol. The molecule has 2 atom stereocenters. The zero-order valence-electron chi connectivity index (χ0n) is 18.6. The number of ether oxygens (including phenoxy) is 1. The molecule has 2 amide bonds. The van der Waals surface area contributed by atoms with Gasteiger partial charge in [0.2, 0.25) is 11.8 Å². The number of nitrogens with one attached hydrogen (secondary N) is 1. The first kappa shape index (κ1) is 26.6. The first-order valence-corrected chi connectivity index (χ1v) is 12.4.